The first-order valence-electron chi connectivity index (χ1n) is 24.4. The quantitative estimate of drug-likeness (QED) is 0.0399. The Hall–Kier alpha value is -3.04. The van der Waals surface area contributed by atoms with Gasteiger partial charge in [-0.2, -0.15) is 0 Å². The van der Waals surface area contributed by atoms with Crippen LogP contribution in [0.4, 0.5) is 0 Å². The number of aliphatic carboxylic acids is 1. The van der Waals surface area contributed by atoms with Gasteiger partial charge in [0.2, 0.25) is 11.8 Å². The van der Waals surface area contributed by atoms with Crippen LogP contribution < -0.4 is 10.6 Å². The number of aliphatic hydroxyl groups excluding tert-OH is 18. The molecule has 5 rings (SSSR count). The lowest BCUT2D eigenvalue weighted by molar-refractivity contribution is -0.398. The van der Waals surface area contributed by atoms with Crippen molar-refractivity contribution in [2.24, 2.45) is 0 Å². The van der Waals surface area contributed by atoms with Gasteiger partial charge in [0, 0.05) is 20.3 Å². The molecule has 35 nitrogen and oxygen atoms in total. The molecule has 35 heteroatoms. The second-order valence-electron chi connectivity index (χ2n) is 19.3. The van der Waals surface area contributed by atoms with E-state index in [1.54, 1.807) is 0 Å². The summed E-state index contributed by atoms with van der Waals surface area (Å²) in [5.41, 5.74) is 0. The molecule has 30 unspecified atom stereocenters. The number of hydrogen-bond acceptors (Lipinski definition) is 32. The van der Waals surface area contributed by atoms with Crippen molar-refractivity contribution >= 4 is 24.1 Å². The van der Waals surface area contributed by atoms with Gasteiger partial charge in [-0.3, -0.25) is 9.59 Å². The fourth-order valence-electron chi connectivity index (χ4n) is 9.50. The molecule has 0 radical (unpaired) electrons. The Labute approximate surface area is 441 Å². The maximum absolute atomic E-state index is 13.1. The van der Waals surface area contributed by atoms with E-state index in [-0.39, 0.29) is 6.29 Å². The van der Waals surface area contributed by atoms with E-state index >= 15 is 0 Å². The molecular formula is C43H72N2O33. The number of aliphatic hydroxyl groups is 18. The number of amides is 2. The Bertz CT molecular complexity index is 1930. The number of nitrogens with one attached hydrogen (secondary N) is 2. The van der Waals surface area contributed by atoms with Crippen LogP contribution in [0.15, 0.2) is 0 Å². The normalized spacial score (nSPS) is 43.8. The van der Waals surface area contributed by atoms with Crippen LogP contribution in [0, 0.1) is 0 Å². The Morgan fingerprint density at radius 2 is 1.10 bits per heavy atom. The largest absolute Gasteiger partial charge is 0.477 e. The molecule has 21 N–H and O–H groups in total. The zero-order valence-electron chi connectivity index (χ0n) is 41.8. The lowest BCUT2D eigenvalue weighted by atomic mass is 9.88. The van der Waals surface area contributed by atoms with Crippen molar-refractivity contribution in [2.75, 3.05) is 33.0 Å². The van der Waals surface area contributed by atoms with E-state index in [2.05, 4.69) is 10.6 Å². The van der Waals surface area contributed by atoms with E-state index in [4.69, 9.17) is 47.4 Å². The van der Waals surface area contributed by atoms with Gasteiger partial charge in [-0.1, -0.05) is 0 Å². The highest BCUT2D eigenvalue weighted by Gasteiger charge is 2.62. The number of carbonyl (C=O) groups is 4. The molecule has 2 amide bonds. The van der Waals surface area contributed by atoms with E-state index in [0.717, 1.165) is 13.8 Å². The Morgan fingerprint density at radius 1 is 0.603 bits per heavy atom. The van der Waals surface area contributed by atoms with E-state index in [9.17, 15) is 116 Å². The first kappa shape index (κ1) is 65.8. The van der Waals surface area contributed by atoms with Gasteiger partial charge < -0.3 is 160 Å². The molecule has 0 aromatic rings. The van der Waals surface area contributed by atoms with Crippen LogP contribution >= 0.6 is 0 Å². The molecule has 0 aromatic carbocycles. The summed E-state index contributed by atoms with van der Waals surface area (Å²) in [5.74, 6) is -7.21. The van der Waals surface area contributed by atoms with Crippen molar-refractivity contribution in [3.05, 3.63) is 0 Å². The van der Waals surface area contributed by atoms with Gasteiger partial charge in [0.1, 0.15) is 134 Å². The van der Waals surface area contributed by atoms with Crippen LogP contribution in [-0.2, 0) is 66.5 Å². The van der Waals surface area contributed by atoms with Gasteiger partial charge in [0.05, 0.1) is 51.3 Å². The number of carboxylic acid groups (broad SMARTS) is 1. The number of carboxylic acids is 1. The predicted octanol–water partition coefficient (Wildman–Crippen LogP) is -13.7. The Kier molecular flexibility index (Phi) is 23.9. The monoisotopic (exact) mass is 1140 g/mol. The highest BCUT2D eigenvalue weighted by molar-refractivity contribution is 5.76. The molecule has 5 saturated heterocycles. The summed E-state index contributed by atoms with van der Waals surface area (Å²) in [7, 11) is 0. The molecule has 5 heterocycles. The second-order valence-corrected chi connectivity index (χ2v) is 19.3. The standard InChI is InChI=1S/C43H72N2O33/c1-11-23(58)28(63)29(64)39(69-11)75-35-22(45-13(3)53)38(76-36-26(61)18(8-49)70-40(30(36)65)73-32(17(57)7-48)24(59)15(55)5-46)72-20(10-51)33(35)74-41-31(66)37(27(62)19(9-50)71-41)78-43(42(67)68)4-14(54)21(44-12(2)52)34(77-43)25(60)16(56)6-47/h5,11,14-41,47-51,54-66H,4,6-10H2,1-3H3,(H,44,52)(H,45,53)(H,67,68). The van der Waals surface area contributed by atoms with Crippen LogP contribution in [0.3, 0.4) is 0 Å². The van der Waals surface area contributed by atoms with E-state index in [1.807, 2.05) is 0 Å². The number of carbonyl (C=O) groups excluding carboxylic acids is 3. The fourth-order valence-corrected chi connectivity index (χ4v) is 9.50. The van der Waals surface area contributed by atoms with Gasteiger partial charge in [-0.25, -0.2) is 4.79 Å². The minimum atomic E-state index is -3.26. The van der Waals surface area contributed by atoms with Crippen LogP contribution in [-0.4, -0.2) is 338 Å². The molecule has 0 spiro atoms. The summed E-state index contributed by atoms with van der Waals surface area (Å²) >= 11 is 0. The molecule has 5 aliphatic heterocycles. The van der Waals surface area contributed by atoms with Gasteiger partial charge >= 0.3 is 5.97 Å². The maximum Gasteiger partial charge on any atom is 0.364 e. The topological polar surface area (TPSA) is 569 Å². The summed E-state index contributed by atoms with van der Waals surface area (Å²) < 4.78 is 58.0. The third-order valence-electron chi connectivity index (χ3n) is 13.7. The summed E-state index contributed by atoms with van der Waals surface area (Å²) in [5, 5.41) is 208. The van der Waals surface area contributed by atoms with E-state index in [0.29, 0.717) is 0 Å². The minimum Gasteiger partial charge on any atom is -0.477 e. The molecule has 452 valence electrons. The zero-order valence-corrected chi connectivity index (χ0v) is 41.8. The minimum absolute atomic E-state index is 0.163. The summed E-state index contributed by atoms with van der Waals surface area (Å²) in [6, 6.07) is -3.69. The van der Waals surface area contributed by atoms with Crippen molar-refractivity contribution in [3.8, 4) is 0 Å². The van der Waals surface area contributed by atoms with Crippen LogP contribution in [0.1, 0.15) is 27.2 Å². The van der Waals surface area contributed by atoms with Crippen molar-refractivity contribution in [3.63, 3.8) is 0 Å². The molecule has 5 aliphatic rings. The molecule has 0 aliphatic carbocycles. The van der Waals surface area contributed by atoms with Crippen LogP contribution in [0.2, 0.25) is 0 Å². The molecule has 0 saturated carbocycles. The van der Waals surface area contributed by atoms with Gasteiger partial charge in [0.25, 0.3) is 5.79 Å². The van der Waals surface area contributed by atoms with Crippen molar-refractivity contribution in [2.45, 2.75) is 211 Å². The Morgan fingerprint density at radius 3 is 1.64 bits per heavy atom. The smallest absolute Gasteiger partial charge is 0.364 e. The first-order chi connectivity index (χ1) is 36.6. The third kappa shape index (κ3) is 14.4. The van der Waals surface area contributed by atoms with Crippen molar-refractivity contribution in [1.29, 1.82) is 0 Å². The average Bonchev–Trinajstić information content (AvgIpc) is 3.44. The van der Waals surface area contributed by atoms with Crippen molar-refractivity contribution in [1.82, 2.24) is 10.6 Å². The lowest BCUT2D eigenvalue weighted by Crippen LogP contribution is -2.72. The van der Waals surface area contributed by atoms with Crippen LogP contribution in [0.25, 0.3) is 0 Å². The molecule has 0 aromatic heterocycles. The number of hydrogen-bond donors (Lipinski definition) is 21. The van der Waals surface area contributed by atoms with E-state index in [1.165, 1.54) is 6.92 Å². The number of ether oxygens (including phenoxy) is 10. The fraction of sp³-hybridized carbons (Fsp3) is 0.907. The summed E-state index contributed by atoms with van der Waals surface area (Å²) in [4.78, 5) is 49.7. The molecule has 30 atom stereocenters. The Balaban J connectivity index is 1.57. The average molecular weight is 1150 g/mol. The lowest BCUT2D eigenvalue weighted by Gasteiger charge is -2.52. The summed E-state index contributed by atoms with van der Waals surface area (Å²) in [6.45, 7) is -2.73. The highest BCUT2D eigenvalue weighted by Crippen LogP contribution is 2.40. The zero-order chi connectivity index (χ0) is 58.4. The third-order valence-corrected chi connectivity index (χ3v) is 13.7. The second kappa shape index (κ2) is 28.3. The van der Waals surface area contributed by atoms with Crippen molar-refractivity contribution < 1.29 is 164 Å². The number of aldehydes is 1. The first-order valence-corrected chi connectivity index (χ1v) is 24.4. The number of rotatable bonds is 24. The van der Waals surface area contributed by atoms with Crippen LogP contribution in [0.5, 0.6) is 0 Å². The molecule has 78 heavy (non-hydrogen) atoms. The van der Waals surface area contributed by atoms with Gasteiger partial charge in [-0.05, 0) is 6.92 Å². The predicted molar refractivity (Wildman–Crippen MR) is 239 cm³/mol. The van der Waals surface area contributed by atoms with E-state index < -0.39 is 241 Å². The molecule has 5 fully saturated rings. The maximum atomic E-state index is 13.1. The van der Waals surface area contributed by atoms with Gasteiger partial charge in [0.15, 0.2) is 31.4 Å². The summed E-state index contributed by atoms with van der Waals surface area (Å²) in [6.07, 6.45) is -58.5. The molecular weight excluding hydrogens is 1070 g/mol. The van der Waals surface area contributed by atoms with Gasteiger partial charge in [-0.15, -0.1) is 0 Å². The highest BCUT2D eigenvalue weighted by atomic mass is 16.8. The molecule has 0 bridgehead atoms. The SMILES string of the molecule is CC(=O)NC1C(O)CC(OC2C(O)C(CO)OC(OC3C(CO)OC(OC4C(O)C(CO)OC(OC(C(O)CO)C(O)C(O)C=O)C4O)C(NC(C)=O)C3OC3OC(C)C(O)C(O)C3O)C2O)(C(=O)O)OC1C(O)C(O)CO.